The molecule has 0 spiro atoms. The molecule has 1 rings (SSSR count). The number of hydrogen-bond acceptors (Lipinski definition) is 2. The molecule has 0 saturated heterocycles. The Morgan fingerprint density at radius 2 is 2.33 bits per heavy atom. The molecule has 0 atom stereocenters. The summed E-state index contributed by atoms with van der Waals surface area (Å²) in [5.74, 6) is 0. The maximum atomic E-state index is 12.0. The SMILES string of the molecule is Fc1ncc(Br)c(Cl)n1. The topological polar surface area (TPSA) is 25.8 Å². The molecule has 0 fully saturated rings. The van der Waals surface area contributed by atoms with Crippen LogP contribution in [-0.4, -0.2) is 9.97 Å². The van der Waals surface area contributed by atoms with Crippen LogP contribution >= 0.6 is 27.5 Å². The molecule has 0 amide bonds. The second-order valence-electron chi connectivity index (χ2n) is 1.28. The molecule has 1 aromatic heterocycles. The van der Waals surface area contributed by atoms with E-state index in [2.05, 4.69) is 25.9 Å². The molecule has 0 aliphatic heterocycles. The monoisotopic (exact) mass is 210 g/mol. The number of aromatic nitrogens is 2. The smallest absolute Gasteiger partial charge is 0.210 e. The zero-order valence-corrected chi connectivity index (χ0v) is 6.45. The normalized spacial score (nSPS) is 9.67. The van der Waals surface area contributed by atoms with Crippen molar-refractivity contribution in [3.8, 4) is 0 Å². The van der Waals surface area contributed by atoms with E-state index in [-0.39, 0.29) is 5.15 Å². The highest BCUT2D eigenvalue weighted by atomic mass is 79.9. The molecule has 0 N–H and O–H groups in total. The van der Waals surface area contributed by atoms with Gasteiger partial charge in [0.05, 0.1) is 4.47 Å². The Kier molecular flexibility index (Phi) is 1.97. The Hall–Kier alpha value is -0.220. The van der Waals surface area contributed by atoms with Gasteiger partial charge in [-0.25, -0.2) is 4.98 Å². The first-order valence-corrected chi connectivity index (χ1v) is 3.21. The second kappa shape index (κ2) is 2.58. The molecule has 0 radical (unpaired) electrons. The predicted octanol–water partition coefficient (Wildman–Crippen LogP) is 2.03. The van der Waals surface area contributed by atoms with Gasteiger partial charge in [-0.3, -0.25) is 0 Å². The Morgan fingerprint density at radius 3 is 2.78 bits per heavy atom. The average Bonchev–Trinajstić information content (AvgIpc) is 1.80. The van der Waals surface area contributed by atoms with Crippen molar-refractivity contribution in [2.45, 2.75) is 0 Å². The summed E-state index contributed by atoms with van der Waals surface area (Å²) >= 11 is 8.38. The quantitative estimate of drug-likeness (QED) is 0.485. The van der Waals surface area contributed by atoms with Gasteiger partial charge in [0, 0.05) is 6.20 Å². The van der Waals surface area contributed by atoms with Gasteiger partial charge in [0.15, 0.2) is 0 Å². The number of rotatable bonds is 0. The van der Waals surface area contributed by atoms with E-state index in [9.17, 15) is 4.39 Å². The third-order valence-corrected chi connectivity index (χ3v) is 1.77. The Balaban J connectivity index is 3.17. The van der Waals surface area contributed by atoms with Crippen LogP contribution in [0.2, 0.25) is 5.15 Å². The standard InChI is InChI=1S/C4HBrClFN2/c5-2-1-8-4(7)9-3(2)6/h1H. The van der Waals surface area contributed by atoms with Crippen LogP contribution in [0.25, 0.3) is 0 Å². The minimum Gasteiger partial charge on any atom is -0.210 e. The maximum Gasteiger partial charge on any atom is 0.310 e. The molecule has 5 heteroatoms. The first-order chi connectivity index (χ1) is 4.20. The summed E-state index contributed by atoms with van der Waals surface area (Å²) in [6, 6.07) is 0. The molecule has 1 heterocycles. The molecule has 0 unspecified atom stereocenters. The molecule has 0 aliphatic carbocycles. The van der Waals surface area contributed by atoms with E-state index in [4.69, 9.17) is 11.6 Å². The van der Waals surface area contributed by atoms with E-state index in [1.54, 1.807) is 0 Å². The van der Waals surface area contributed by atoms with E-state index in [1.807, 2.05) is 0 Å². The highest BCUT2D eigenvalue weighted by Crippen LogP contribution is 2.17. The second-order valence-corrected chi connectivity index (χ2v) is 2.49. The van der Waals surface area contributed by atoms with Crippen molar-refractivity contribution >= 4 is 27.5 Å². The van der Waals surface area contributed by atoms with Crippen LogP contribution in [0.4, 0.5) is 4.39 Å². The van der Waals surface area contributed by atoms with E-state index in [0.717, 1.165) is 0 Å². The molecule has 0 aliphatic rings. The number of nitrogens with zero attached hydrogens (tertiary/aromatic N) is 2. The fourth-order valence-corrected chi connectivity index (χ4v) is 0.636. The van der Waals surface area contributed by atoms with Crippen LogP contribution in [0.1, 0.15) is 0 Å². The molecular formula is C4HBrClFN2. The zero-order valence-electron chi connectivity index (χ0n) is 4.11. The summed E-state index contributed by atoms with van der Waals surface area (Å²) in [6.45, 7) is 0. The number of halogens is 3. The molecule has 48 valence electrons. The van der Waals surface area contributed by atoms with E-state index < -0.39 is 6.08 Å². The minimum absolute atomic E-state index is 0.0856. The van der Waals surface area contributed by atoms with Gasteiger partial charge in [0.25, 0.3) is 0 Å². The average molecular weight is 211 g/mol. The molecule has 0 aromatic carbocycles. The third-order valence-electron chi connectivity index (χ3n) is 0.672. The van der Waals surface area contributed by atoms with Gasteiger partial charge in [0.2, 0.25) is 0 Å². The molecule has 1 aromatic rings. The van der Waals surface area contributed by atoms with Crippen molar-refractivity contribution in [2.24, 2.45) is 0 Å². The molecule has 0 bridgehead atoms. The molecule has 9 heavy (non-hydrogen) atoms. The van der Waals surface area contributed by atoms with Gasteiger partial charge in [-0.2, -0.15) is 9.37 Å². The van der Waals surface area contributed by atoms with Crippen molar-refractivity contribution in [2.75, 3.05) is 0 Å². The van der Waals surface area contributed by atoms with Crippen LogP contribution in [-0.2, 0) is 0 Å². The van der Waals surface area contributed by atoms with Crippen LogP contribution < -0.4 is 0 Å². The van der Waals surface area contributed by atoms with Crippen molar-refractivity contribution in [1.82, 2.24) is 9.97 Å². The summed E-state index contributed by atoms with van der Waals surface area (Å²) in [6.07, 6.45) is 0.438. The first kappa shape index (κ1) is 6.89. The van der Waals surface area contributed by atoms with Crippen molar-refractivity contribution in [3.63, 3.8) is 0 Å². The minimum atomic E-state index is -0.816. The van der Waals surface area contributed by atoms with Crippen molar-refractivity contribution in [3.05, 3.63) is 21.9 Å². The summed E-state index contributed by atoms with van der Waals surface area (Å²) in [5.41, 5.74) is 0. The zero-order chi connectivity index (χ0) is 6.85. The Labute approximate surface area is 64.2 Å². The largest absolute Gasteiger partial charge is 0.310 e. The fourth-order valence-electron chi connectivity index (χ4n) is 0.326. The molecule has 0 saturated carbocycles. The van der Waals surface area contributed by atoms with Gasteiger partial charge in [0.1, 0.15) is 5.15 Å². The predicted molar refractivity (Wildman–Crippen MR) is 34.7 cm³/mol. The van der Waals surface area contributed by atoms with Gasteiger partial charge >= 0.3 is 6.08 Å². The molecule has 2 nitrogen and oxygen atoms in total. The fraction of sp³-hybridized carbons (Fsp3) is 0. The number of hydrogen-bond donors (Lipinski definition) is 0. The lowest BCUT2D eigenvalue weighted by atomic mass is 10.7. The lowest BCUT2D eigenvalue weighted by molar-refractivity contribution is 0.538. The van der Waals surface area contributed by atoms with Crippen LogP contribution in [0.5, 0.6) is 0 Å². The first-order valence-electron chi connectivity index (χ1n) is 2.03. The Morgan fingerprint density at radius 1 is 1.67 bits per heavy atom. The maximum absolute atomic E-state index is 12.0. The van der Waals surface area contributed by atoms with E-state index >= 15 is 0 Å². The molecular weight excluding hydrogens is 210 g/mol. The van der Waals surface area contributed by atoms with E-state index in [1.165, 1.54) is 6.20 Å². The summed E-state index contributed by atoms with van der Waals surface area (Å²) < 4.78 is 12.5. The Bertz CT molecular complexity index is 230. The third kappa shape index (κ3) is 1.59. The summed E-state index contributed by atoms with van der Waals surface area (Å²) in [7, 11) is 0. The van der Waals surface area contributed by atoms with Gasteiger partial charge in [-0.1, -0.05) is 11.6 Å². The highest BCUT2D eigenvalue weighted by molar-refractivity contribution is 9.10. The highest BCUT2D eigenvalue weighted by Gasteiger charge is 1.98. The lowest BCUT2D eigenvalue weighted by Gasteiger charge is -1.90. The summed E-state index contributed by atoms with van der Waals surface area (Å²) in [4.78, 5) is 6.44. The lowest BCUT2D eigenvalue weighted by Crippen LogP contribution is -1.87. The van der Waals surface area contributed by atoms with Gasteiger partial charge in [-0.15, -0.1) is 0 Å². The van der Waals surface area contributed by atoms with Crippen LogP contribution in [0, 0.1) is 6.08 Å². The van der Waals surface area contributed by atoms with Gasteiger partial charge < -0.3 is 0 Å². The summed E-state index contributed by atoms with van der Waals surface area (Å²) in [5, 5.41) is 0.0856. The van der Waals surface area contributed by atoms with Crippen LogP contribution in [0.15, 0.2) is 10.7 Å². The van der Waals surface area contributed by atoms with Crippen LogP contribution in [0.3, 0.4) is 0 Å². The van der Waals surface area contributed by atoms with Crippen molar-refractivity contribution < 1.29 is 4.39 Å². The van der Waals surface area contributed by atoms with Gasteiger partial charge in [-0.05, 0) is 15.9 Å². The van der Waals surface area contributed by atoms with Crippen molar-refractivity contribution in [1.29, 1.82) is 0 Å². The van der Waals surface area contributed by atoms with E-state index in [0.29, 0.717) is 4.47 Å².